The number of hydrogen-bond acceptors (Lipinski definition) is 2. The molecule has 1 aliphatic heterocycles. The number of ether oxygens (including phenoxy) is 1. The van der Waals surface area contributed by atoms with Crippen LogP contribution in [0, 0.1) is 0 Å². The first kappa shape index (κ1) is 21.0. The summed E-state index contributed by atoms with van der Waals surface area (Å²) in [5.41, 5.74) is -0.211. The third kappa shape index (κ3) is 7.13. The van der Waals surface area contributed by atoms with Crippen LogP contribution in [-0.4, -0.2) is 30.0 Å². The summed E-state index contributed by atoms with van der Waals surface area (Å²) in [6.45, 7) is 8.55. The molecule has 2 rings (SSSR count). The molecule has 0 spiro atoms. The van der Waals surface area contributed by atoms with Gasteiger partial charge < -0.3 is 9.64 Å². The summed E-state index contributed by atoms with van der Waals surface area (Å²) in [5.74, 6) is -0.153. The van der Waals surface area contributed by atoms with Gasteiger partial charge in [0, 0.05) is 13.1 Å². The average molecular weight is 355 g/mol. The quantitative estimate of drug-likeness (QED) is 0.584. The highest BCUT2D eigenvalue weighted by Crippen LogP contribution is 2.29. The molecule has 1 fully saturated rings. The van der Waals surface area contributed by atoms with Crippen LogP contribution in [0.1, 0.15) is 31.4 Å². The minimum atomic E-state index is -4.35. The van der Waals surface area contributed by atoms with Crippen LogP contribution in [0.5, 0.6) is 0 Å². The SMILES string of the molecule is C/C=C\C.C=CC(=O)N1CCC(OCc2cccc(C(F)(F)F)c2)C1. The zero-order chi connectivity index (χ0) is 18.9. The summed E-state index contributed by atoms with van der Waals surface area (Å²) in [5, 5.41) is 0. The average Bonchev–Trinajstić information content (AvgIpc) is 3.08. The Kier molecular flexibility index (Phi) is 8.41. The van der Waals surface area contributed by atoms with Crippen molar-refractivity contribution in [2.75, 3.05) is 13.1 Å². The van der Waals surface area contributed by atoms with E-state index in [2.05, 4.69) is 6.58 Å². The number of hydrogen-bond donors (Lipinski definition) is 0. The minimum absolute atomic E-state index is 0.102. The van der Waals surface area contributed by atoms with Crippen LogP contribution in [0.15, 0.2) is 49.1 Å². The molecule has 0 aliphatic carbocycles. The van der Waals surface area contributed by atoms with Crippen LogP contribution < -0.4 is 0 Å². The first-order valence-corrected chi connectivity index (χ1v) is 8.08. The van der Waals surface area contributed by atoms with Crippen molar-refractivity contribution in [1.82, 2.24) is 4.90 Å². The van der Waals surface area contributed by atoms with Gasteiger partial charge in [0.1, 0.15) is 0 Å². The second-order valence-corrected chi connectivity index (χ2v) is 5.57. The van der Waals surface area contributed by atoms with Crippen LogP contribution in [0.4, 0.5) is 13.2 Å². The van der Waals surface area contributed by atoms with Crippen molar-refractivity contribution in [1.29, 1.82) is 0 Å². The molecule has 0 bridgehead atoms. The van der Waals surface area contributed by atoms with E-state index < -0.39 is 11.7 Å². The van der Waals surface area contributed by atoms with Crippen molar-refractivity contribution < 1.29 is 22.7 Å². The van der Waals surface area contributed by atoms with Gasteiger partial charge in [0.05, 0.1) is 18.3 Å². The molecule has 0 N–H and O–H groups in total. The molecule has 3 nitrogen and oxygen atoms in total. The monoisotopic (exact) mass is 355 g/mol. The van der Waals surface area contributed by atoms with Gasteiger partial charge in [0.25, 0.3) is 0 Å². The fourth-order valence-corrected chi connectivity index (χ4v) is 2.25. The van der Waals surface area contributed by atoms with E-state index >= 15 is 0 Å². The molecule has 1 aliphatic rings. The van der Waals surface area contributed by atoms with Gasteiger partial charge in [-0.3, -0.25) is 4.79 Å². The molecular weight excluding hydrogens is 331 g/mol. The molecule has 1 atom stereocenters. The highest BCUT2D eigenvalue weighted by molar-refractivity contribution is 5.87. The number of halogens is 3. The first-order chi connectivity index (χ1) is 11.8. The van der Waals surface area contributed by atoms with Crippen molar-refractivity contribution in [2.45, 2.75) is 39.2 Å². The van der Waals surface area contributed by atoms with Gasteiger partial charge in [-0.15, -0.1) is 0 Å². The molecular formula is C19H24F3NO2. The molecule has 1 aromatic carbocycles. The Morgan fingerprint density at radius 2 is 2.04 bits per heavy atom. The van der Waals surface area contributed by atoms with E-state index in [0.717, 1.165) is 12.1 Å². The molecule has 1 aromatic rings. The smallest absolute Gasteiger partial charge is 0.372 e. The summed E-state index contributed by atoms with van der Waals surface area (Å²) >= 11 is 0. The van der Waals surface area contributed by atoms with Gasteiger partial charge in [-0.1, -0.05) is 30.9 Å². The largest absolute Gasteiger partial charge is 0.416 e. The van der Waals surface area contributed by atoms with E-state index in [4.69, 9.17) is 4.74 Å². The number of rotatable bonds is 4. The lowest BCUT2D eigenvalue weighted by Gasteiger charge is -2.15. The number of benzene rings is 1. The van der Waals surface area contributed by atoms with E-state index in [9.17, 15) is 18.0 Å². The van der Waals surface area contributed by atoms with Crippen molar-refractivity contribution in [3.8, 4) is 0 Å². The number of nitrogens with zero attached hydrogens (tertiary/aromatic N) is 1. The predicted octanol–water partition coefficient (Wildman–Crippen LogP) is 4.59. The Morgan fingerprint density at radius 3 is 2.60 bits per heavy atom. The van der Waals surface area contributed by atoms with Gasteiger partial charge in [-0.05, 0) is 44.0 Å². The number of likely N-dealkylation sites (tertiary alicyclic amines) is 1. The van der Waals surface area contributed by atoms with Gasteiger partial charge in [0.15, 0.2) is 0 Å². The zero-order valence-corrected chi connectivity index (χ0v) is 14.6. The fourth-order valence-electron chi connectivity index (χ4n) is 2.25. The predicted molar refractivity (Wildman–Crippen MR) is 91.9 cm³/mol. The summed E-state index contributed by atoms with van der Waals surface area (Å²) in [6.07, 6.45) is 1.42. The van der Waals surface area contributed by atoms with Crippen molar-refractivity contribution in [2.24, 2.45) is 0 Å². The van der Waals surface area contributed by atoms with Gasteiger partial charge in [-0.25, -0.2) is 0 Å². The molecule has 1 amide bonds. The van der Waals surface area contributed by atoms with Gasteiger partial charge in [-0.2, -0.15) is 13.2 Å². The zero-order valence-electron chi connectivity index (χ0n) is 14.6. The molecule has 1 saturated heterocycles. The Bertz CT molecular complexity index is 593. The standard InChI is InChI=1S/C15H16F3NO2.C4H8/c1-2-14(20)19-7-6-13(9-19)21-10-11-4-3-5-12(8-11)15(16,17)18;1-3-4-2/h2-5,8,13H,1,6-7,9-10H2;3-4H,1-2H3/b;4-3-. The number of amides is 1. The van der Waals surface area contributed by atoms with Crippen molar-refractivity contribution in [3.05, 3.63) is 60.2 Å². The highest BCUT2D eigenvalue weighted by Gasteiger charge is 2.30. The Balaban J connectivity index is 0.000000705. The second kappa shape index (κ2) is 10.0. The summed E-state index contributed by atoms with van der Waals surface area (Å²) in [4.78, 5) is 13.0. The Labute approximate surface area is 146 Å². The number of carbonyl (C=O) groups is 1. The second-order valence-electron chi connectivity index (χ2n) is 5.57. The molecule has 0 aromatic heterocycles. The topological polar surface area (TPSA) is 29.5 Å². The normalized spacial score (nSPS) is 17.3. The maximum absolute atomic E-state index is 12.6. The minimum Gasteiger partial charge on any atom is -0.372 e. The summed E-state index contributed by atoms with van der Waals surface area (Å²) < 4.78 is 43.4. The third-order valence-corrected chi connectivity index (χ3v) is 3.70. The van der Waals surface area contributed by atoms with Gasteiger partial charge >= 0.3 is 6.18 Å². The van der Waals surface area contributed by atoms with Crippen molar-refractivity contribution >= 4 is 5.91 Å². The lowest BCUT2D eigenvalue weighted by Crippen LogP contribution is -2.28. The fraction of sp³-hybridized carbons (Fsp3) is 0.421. The van der Waals surface area contributed by atoms with E-state index in [0.29, 0.717) is 25.1 Å². The van der Waals surface area contributed by atoms with Gasteiger partial charge in [0.2, 0.25) is 5.91 Å². The number of alkyl halides is 3. The van der Waals surface area contributed by atoms with E-state index in [1.165, 1.54) is 12.1 Å². The number of allylic oxidation sites excluding steroid dienone is 2. The highest BCUT2D eigenvalue weighted by atomic mass is 19.4. The lowest BCUT2D eigenvalue weighted by atomic mass is 10.1. The summed E-state index contributed by atoms with van der Waals surface area (Å²) in [6, 6.07) is 5.08. The van der Waals surface area contributed by atoms with E-state index in [1.54, 1.807) is 11.0 Å². The third-order valence-electron chi connectivity index (χ3n) is 3.70. The summed E-state index contributed by atoms with van der Waals surface area (Å²) in [7, 11) is 0. The molecule has 138 valence electrons. The number of carbonyl (C=O) groups excluding carboxylic acids is 1. The Hall–Kier alpha value is -2.08. The first-order valence-electron chi connectivity index (χ1n) is 8.08. The van der Waals surface area contributed by atoms with Crippen LogP contribution in [0.3, 0.4) is 0 Å². The lowest BCUT2D eigenvalue weighted by molar-refractivity contribution is -0.137. The molecule has 25 heavy (non-hydrogen) atoms. The van der Waals surface area contributed by atoms with Crippen LogP contribution in [-0.2, 0) is 22.3 Å². The molecule has 1 unspecified atom stereocenters. The molecule has 0 saturated carbocycles. The maximum Gasteiger partial charge on any atom is 0.416 e. The molecule has 6 heteroatoms. The van der Waals surface area contributed by atoms with E-state index in [-0.39, 0.29) is 18.6 Å². The van der Waals surface area contributed by atoms with Crippen LogP contribution in [0.2, 0.25) is 0 Å². The Morgan fingerprint density at radius 1 is 1.36 bits per heavy atom. The maximum atomic E-state index is 12.6. The van der Waals surface area contributed by atoms with Crippen LogP contribution in [0.25, 0.3) is 0 Å². The van der Waals surface area contributed by atoms with Crippen LogP contribution >= 0.6 is 0 Å². The molecule has 1 heterocycles. The molecule has 0 radical (unpaired) electrons. The van der Waals surface area contributed by atoms with Crippen molar-refractivity contribution in [3.63, 3.8) is 0 Å². The van der Waals surface area contributed by atoms with E-state index in [1.807, 2.05) is 26.0 Å².